The average Bonchev–Trinajstić information content (AvgIpc) is 2.57. The first-order chi connectivity index (χ1) is 11.4. The molecule has 0 amide bonds. The summed E-state index contributed by atoms with van der Waals surface area (Å²) in [6.45, 7) is 0. The molecule has 2 N–H and O–H groups in total. The maximum atomic E-state index is 12.9. The molecule has 2 aromatic heterocycles. The number of rotatable bonds is 3. The number of hydrogen-bond donors (Lipinski definition) is 1. The SMILES string of the molecule is Nc1ccc(Oc2nccnc2-c2cnccn2)cc1C(F)(F)F. The van der Waals surface area contributed by atoms with Crippen LogP contribution in [0.2, 0.25) is 0 Å². The lowest BCUT2D eigenvalue weighted by Gasteiger charge is -2.13. The second kappa shape index (κ2) is 6.11. The number of halogens is 3. The number of benzene rings is 1. The third-order valence-electron chi connectivity index (χ3n) is 3.02. The Morgan fingerprint density at radius 1 is 0.958 bits per heavy atom. The highest BCUT2D eigenvalue weighted by Gasteiger charge is 2.33. The topological polar surface area (TPSA) is 86.8 Å². The minimum absolute atomic E-state index is 0.0101. The van der Waals surface area contributed by atoms with Gasteiger partial charge in [0, 0.05) is 30.5 Å². The molecule has 0 radical (unpaired) electrons. The quantitative estimate of drug-likeness (QED) is 0.740. The van der Waals surface area contributed by atoms with Crippen molar-refractivity contribution in [1.82, 2.24) is 19.9 Å². The van der Waals surface area contributed by atoms with E-state index >= 15 is 0 Å². The van der Waals surface area contributed by atoms with Crippen molar-refractivity contribution in [1.29, 1.82) is 0 Å². The van der Waals surface area contributed by atoms with Gasteiger partial charge >= 0.3 is 6.18 Å². The zero-order valence-corrected chi connectivity index (χ0v) is 12.0. The molecule has 0 saturated heterocycles. The number of aromatic nitrogens is 4. The highest BCUT2D eigenvalue weighted by Crippen LogP contribution is 2.37. The van der Waals surface area contributed by atoms with Gasteiger partial charge in [0.1, 0.15) is 11.4 Å². The third-order valence-corrected chi connectivity index (χ3v) is 3.02. The Labute approximate surface area is 134 Å². The molecule has 0 aliphatic heterocycles. The summed E-state index contributed by atoms with van der Waals surface area (Å²) in [5.74, 6) is -0.0574. The monoisotopic (exact) mass is 333 g/mol. The lowest BCUT2D eigenvalue weighted by molar-refractivity contribution is -0.137. The molecular formula is C15H10F3N5O. The van der Waals surface area contributed by atoms with Crippen LogP contribution in [0, 0.1) is 0 Å². The van der Waals surface area contributed by atoms with E-state index in [1.165, 1.54) is 37.1 Å². The molecule has 24 heavy (non-hydrogen) atoms. The van der Waals surface area contributed by atoms with Crippen molar-refractivity contribution in [2.75, 3.05) is 5.73 Å². The minimum Gasteiger partial charge on any atom is -0.437 e. The first-order valence-corrected chi connectivity index (χ1v) is 6.67. The summed E-state index contributed by atoms with van der Waals surface area (Å²) in [5.41, 5.74) is 4.64. The number of hydrogen-bond acceptors (Lipinski definition) is 6. The van der Waals surface area contributed by atoms with E-state index in [0.717, 1.165) is 12.1 Å². The summed E-state index contributed by atoms with van der Waals surface area (Å²) in [5, 5.41) is 0. The van der Waals surface area contributed by atoms with Crippen LogP contribution in [0.1, 0.15) is 5.56 Å². The number of alkyl halides is 3. The summed E-state index contributed by atoms with van der Waals surface area (Å²) < 4.78 is 44.2. The summed E-state index contributed by atoms with van der Waals surface area (Å²) >= 11 is 0. The molecule has 1 aromatic carbocycles. The molecule has 0 atom stereocenters. The Hall–Kier alpha value is -3.23. The Morgan fingerprint density at radius 2 is 1.71 bits per heavy atom. The largest absolute Gasteiger partial charge is 0.437 e. The van der Waals surface area contributed by atoms with Gasteiger partial charge in [-0.2, -0.15) is 13.2 Å². The van der Waals surface area contributed by atoms with Gasteiger partial charge in [0.2, 0.25) is 5.88 Å². The number of nitrogen functional groups attached to an aromatic ring is 1. The zero-order valence-electron chi connectivity index (χ0n) is 12.0. The molecule has 3 aromatic rings. The van der Waals surface area contributed by atoms with Crippen molar-refractivity contribution in [2.45, 2.75) is 6.18 Å². The van der Waals surface area contributed by atoms with Crippen molar-refractivity contribution in [3.8, 4) is 23.0 Å². The molecule has 0 unspecified atom stereocenters. The fraction of sp³-hybridized carbons (Fsp3) is 0.0667. The predicted molar refractivity (Wildman–Crippen MR) is 79.0 cm³/mol. The van der Waals surface area contributed by atoms with Crippen molar-refractivity contribution in [3.05, 3.63) is 54.7 Å². The van der Waals surface area contributed by atoms with Gasteiger partial charge in [-0.1, -0.05) is 0 Å². The van der Waals surface area contributed by atoms with Gasteiger partial charge in [-0.05, 0) is 18.2 Å². The summed E-state index contributed by atoms with van der Waals surface area (Å²) in [4.78, 5) is 16.1. The van der Waals surface area contributed by atoms with E-state index in [0.29, 0.717) is 5.69 Å². The van der Waals surface area contributed by atoms with Crippen molar-refractivity contribution in [2.24, 2.45) is 0 Å². The number of nitrogens with zero attached hydrogens (tertiary/aromatic N) is 4. The lowest BCUT2D eigenvalue weighted by Crippen LogP contribution is -2.09. The van der Waals surface area contributed by atoms with E-state index in [9.17, 15) is 13.2 Å². The maximum absolute atomic E-state index is 12.9. The van der Waals surface area contributed by atoms with E-state index in [2.05, 4.69) is 19.9 Å². The maximum Gasteiger partial charge on any atom is 0.418 e. The van der Waals surface area contributed by atoms with Gasteiger partial charge in [-0.25, -0.2) is 9.97 Å². The van der Waals surface area contributed by atoms with Crippen LogP contribution in [-0.2, 0) is 6.18 Å². The van der Waals surface area contributed by atoms with Crippen molar-refractivity contribution >= 4 is 5.69 Å². The van der Waals surface area contributed by atoms with Crippen LogP contribution in [0.15, 0.2) is 49.2 Å². The lowest BCUT2D eigenvalue weighted by atomic mass is 10.1. The molecule has 122 valence electrons. The Balaban J connectivity index is 1.99. The molecule has 0 bridgehead atoms. The first-order valence-electron chi connectivity index (χ1n) is 6.67. The first kappa shape index (κ1) is 15.7. The standard InChI is InChI=1S/C15H10F3N5O/c16-15(17,18)10-7-9(1-2-11(10)19)24-14-13(22-5-6-23-14)12-8-20-3-4-21-12/h1-8H,19H2. The van der Waals surface area contributed by atoms with Gasteiger partial charge < -0.3 is 10.5 Å². The van der Waals surface area contributed by atoms with Crippen LogP contribution >= 0.6 is 0 Å². The average molecular weight is 333 g/mol. The number of nitrogens with two attached hydrogens (primary N) is 1. The Morgan fingerprint density at radius 3 is 2.42 bits per heavy atom. The van der Waals surface area contributed by atoms with E-state index < -0.39 is 11.7 Å². The number of anilines is 1. The minimum atomic E-state index is -4.58. The molecule has 6 nitrogen and oxygen atoms in total. The van der Waals surface area contributed by atoms with Crippen LogP contribution in [0.5, 0.6) is 11.6 Å². The zero-order chi connectivity index (χ0) is 17.2. The third kappa shape index (κ3) is 3.24. The molecule has 0 aliphatic carbocycles. The van der Waals surface area contributed by atoms with Crippen LogP contribution in [0.4, 0.5) is 18.9 Å². The molecule has 0 aliphatic rings. The normalized spacial score (nSPS) is 11.3. The molecule has 0 spiro atoms. The van der Waals surface area contributed by atoms with E-state index in [4.69, 9.17) is 10.5 Å². The van der Waals surface area contributed by atoms with E-state index in [1.54, 1.807) is 0 Å². The highest BCUT2D eigenvalue weighted by molar-refractivity contribution is 5.60. The fourth-order valence-electron chi connectivity index (χ4n) is 1.95. The molecular weight excluding hydrogens is 323 g/mol. The number of ether oxygens (including phenoxy) is 1. The highest BCUT2D eigenvalue weighted by atomic mass is 19.4. The van der Waals surface area contributed by atoms with Gasteiger partial charge in [0.15, 0.2) is 5.69 Å². The van der Waals surface area contributed by atoms with Crippen LogP contribution < -0.4 is 10.5 Å². The van der Waals surface area contributed by atoms with Gasteiger partial charge in [0.25, 0.3) is 0 Å². The van der Waals surface area contributed by atoms with Crippen molar-refractivity contribution < 1.29 is 17.9 Å². The van der Waals surface area contributed by atoms with E-state index in [1.807, 2.05) is 0 Å². The second-order valence-electron chi connectivity index (χ2n) is 4.65. The summed E-state index contributed by atoms with van der Waals surface area (Å²) in [6.07, 6.45) is 2.58. The van der Waals surface area contributed by atoms with Crippen LogP contribution in [-0.4, -0.2) is 19.9 Å². The summed E-state index contributed by atoms with van der Waals surface area (Å²) in [7, 11) is 0. The van der Waals surface area contributed by atoms with Crippen molar-refractivity contribution in [3.63, 3.8) is 0 Å². The Bertz CT molecular complexity index is 855. The van der Waals surface area contributed by atoms with Gasteiger partial charge in [-0.3, -0.25) is 9.97 Å². The fourth-order valence-corrected chi connectivity index (χ4v) is 1.95. The molecule has 0 saturated carbocycles. The van der Waals surface area contributed by atoms with Gasteiger partial charge in [-0.15, -0.1) is 0 Å². The van der Waals surface area contributed by atoms with Crippen LogP contribution in [0.3, 0.4) is 0 Å². The molecule has 2 heterocycles. The predicted octanol–water partition coefficient (Wildman–Crippen LogP) is 3.33. The molecule has 3 rings (SSSR count). The smallest absolute Gasteiger partial charge is 0.418 e. The molecule has 0 fully saturated rings. The van der Waals surface area contributed by atoms with E-state index in [-0.39, 0.29) is 23.0 Å². The molecule has 9 heteroatoms. The second-order valence-corrected chi connectivity index (χ2v) is 4.65. The summed E-state index contributed by atoms with van der Waals surface area (Å²) in [6, 6.07) is 3.25. The van der Waals surface area contributed by atoms with Gasteiger partial charge in [0.05, 0.1) is 11.8 Å². The van der Waals surface area contributed by atoms with Crippen LogP contribution in [0.25, 0.3) is 11.4 Å². The Kier molecular flexibility index (Phi) is 3.98.